The number of imidazole rings is 2. The summed E-state index contributed by atoms with van der Waals surface area (Å²) in [5.41, 5.74) is 5.94. The van der Waals surface area contributed by atoms with Crippen LogP contribution < -0.4 is 20.8 Å². The number of ether oxygens (including phenoxy) is 3. The van der Waals surface area contributed by atoms with Crippen LogP contribution >= 0.6 is 23.0 Å². The maximum absolute atomic E-state index is 12.8. The smallest absolute Gasteiger partial charge is 0.387 e. The lowest BCUT2D eigenvalue weighted by atomic mass is 10.1. The lowest BCUT2D eigenvalue weighted by molar-refractivity contribution is -0.745. The number of aromatic amines is 1. The predicted molar refractivity (Wildman–Crippen MR) is 180 cm³/mol. The van der Waals surface area contributed by atoms with Gasteiger partial charge in [-0.15, -0.1) is 0 Å². The number of aryl methyl sites for hydroxylation is 1. The number of anilines is 2. The average Bonchev–Trinajstić information content (AvgIpc) is 3.81. The molecule has 6 rings (SSSR count). The van der Waals surface area contributed by atoms with Crippen molar-refractivity contribution < 1.29 is 75.8 Å². The minimum absolute atomic E-state index is 0.0654. The highest BCUT2D eigenvalue weighted by atomic mass is 31.3. The van der Waals surface area contributed by atoms with Gasteiger partial charge in [0.1, 0.15) is 48.5 Å². The zero-order chi connectivity index (χ0) is 39.5. The molecule has 4 aromatic rings. The van der Waals surface area contributed by atoms with E-state index < -0.39 is 96.8 Å². The summed E-state index contributed by atoms with van der Waals surface area (Å²) in [6.45, 7) is -1.81. The number of aromatic nitrogens is 8. The molecule has 54 heavy (non-hydrogen) atoms. The van der Waals surface area contributed by atoms with Gasteiger partial charge >= 0.3 is 28.7 Å². The Morgan fingerprint density at radius 1 is 1.00 bits per heavy atom. The monoisotopic (exact) mass is 827 g/mol. The summed E-state index contributed by atoms with van der Waals surface area (Å²) in [7, 11) is -10.0. The van der Waals surface area contributed by atoms with Crippen molar-refractivity contribution in [1.29, 1.82) is 0 Å². The number of fused-ring (bicyclic) bond motifs is 2. The van der Waals surface area contributed by atoms with Gasteiger partial charge < -0.3 is 59.4 Å². The van der Waals surface area contributed by atoms with E-state index in [0.717, 1.165) is 0 Å². The first-order chi connectivity index (χ1) is 25.2. The molecule has 2 aliphatic rings. The highest BCUT2D eigenvalue weighted by Gasteiger charge is 2.50. The van der Waals surface area contributed by atoms with Gasteiger partial charge in [-0.3, -0.25) is 32.6 Å². The van der Waals surface area contributed by atoms with Crippen LogP contribution in [0.2, 0.25) is 0 Å². The van der Waals surface area contributed by atoms with Gasteiger partial charge in [-0.25, -0.2) is 28.4 Å². The number of methoxy groups -OCH3 is 1. The van der Waals surface area contributed by atoms with Gasteiger partial charge in [0.15, 0.2) is 29.9 Å². The maximum atomic E-state index is 12.8. The summed E-state index contributed by atoms with van der Waals surface area (Å²) in [6, 6.07) is 0. The van der Waals surface area contributed by atoms with Gasteiger partial charge in [0, 0.05) is 21.2 Å². The predicted octanol–water partition coefficient (Wildman–Crippen LogP) is -2.59. The van der Waals surface area contributed by atoms with E-state index in [-0.39, 0.29) is 34.1 Å². The fourth-order valence-electron chi connectivity index (χ4n) is 5.96. The Labute approximate surface area is 303 Å². The van der Waals surface area contributed by atoms with Crippen molar-refractivity contribution in [2.75, 3.05) is 51.0 Å². The van der Waals surface area contributed by atoms with Crippen LogP contribution in [0.1, 0.15) is 12.5 Å². The molecular weight excluding hydrogens is 789 g/mol. The number of H-pyrrole nitrogens is 1. The molecule has 0 aliphatic carbocycles. The van der Waals surface area contributed by atoms with Gasteiger partial charge in [0.2, 0.25) is 11.7 Å². The number of aliphatic hydroxyl groups is 3. The number of hydrogen-bond donors (Lipinski definition) is 8. The first-order valence-corrected chi connectivity index (χ1v) is 20.7. The number of nitrogens with zero attached hydrogens (tertiary/aromatic N) is 8. The topological polar surface area (TPSA) is 355 Å². The van der Waals surface area contributed by atoms with E-state index in [1.807, 2.05) is 0 Å². The quantitative estimate of drug-likeness (QED) is 0.0477. The van der Waals surface area contributed by atoms with Crippen LogP contribution in [0.4, 0.5) is 11.8 Å². The zero-order valence-corrected chi connectivity index (χ0v) is 31.4. The standard InChI is InChI=1S/C25H37N10O16P3/c1-32(2)25-30-21-14(22(39)31-25)33(3)9-35(21)23-17(38)15(36)11(49-23)6-48-54(44,45)51-53(42,43)10-52(40,41)47-5-12-16(37)18(46-4)24(50-12)34-8-29-13-19(26)27-7-28-20(13)34/h7-9,11-12,15-18,23-24,36-38H,5-6,10H2,1-4H3,(H5-,26,27,28,30,31,39,40,41,42,43,44,45)/p+1/t11-,12-,15-,16-,17-,18-,23-,24-/m1/s1. The molecule has 0 amide bonds. The number of nitrogens with one attached hydrogen (secondary N) is 1. The Hall–Kier alpha value is -3.29. The molecule has 3 unspecified atom stereocenters. The van der Waals surface area contributed by atoms with Crippen molar-refractivity contribution in [2.45, 2.75) is 49.1 Å². The second kappa shape index (κ2) is 15.0. The molecule has 0 spiro atoms. The largest absolute Gasteiger partial charge is 0.479 e. The third-order valence-corrected chi connectivity index (χ3v) is 14.2. The molecule has 0 radical (unpaired) electrons. The van der Waals surface area contributed by atoms with E-state index >= 15 is 0 Å². The molecule has 0 bridgehead atoms. The number of hydrogen-bond acceptors (Lipinski definition) is 19. The summed E-state index contributed by atoms with van der Waals surface area (Å²) in [6.07, 6.45) is -7.43. The Morgan fingerprint density at radius 3 is 2.37 bits per heavy atom. The highest BCUT2D eigenvalue weighted by molar-refractivity contribution is 7.74. The second-order valence-electron chi connectivity index (χ2n) is 12.5. The summed E-state index contributed by atoms with van der Waals surface area (Å²) >= 11 is 0. The number of nitrogens with two attached hydrogens (primary N) is 1. The van der Waals surface area contributed by atoms with Crippen LogP contribution in [0.15, 0.2) is 23.8 Å². The molecule has 4 aromatic heterocycles. The third kappa shape index (κ3) is 8.00. The van der Waals surface area contributed by atoms with E-state index in [0.29, 0.717) is 0 Å². The fourth-order valence-corrected chi connectivity index (χ4v) is 11.0. The minimum atomic E-state index is -5.53. The van der Waals surface area contributed by atoms with Gasteiger partial charge in [-0.2, -0.15) is 0 Å². The Morgan fingerprint density at radius 2 is 1.69 bits per heavy atom. The van der Waals surface area contributed by atoms with E-state index in [1.165, 1.54) is 51.7 Å². The molecule has 2 fully saturated rings. The average molecular weight is 828 g/mol. The van der Waals surface area contributed by atoms with Crippen molar-refractivity contribution in [2.24, 2.45) is 7.05 Å². The molecule has 11 atom stereocenters. The normalized spacial score (nSPS) is 29.4. The van der Waals surface area contributed by atoms with Crippen molar-refractivity contribution in [1.82, 2.24) is 34.1 Å². The van der Waals surface area contributed by atoms with Crippen LogP contribution in [-0.4, -0.2) is 141 Å². The zero-order valence-electron chi connectivity index (χ0n) is 28.7. The van der Waals surface area contributed by atoms with Gasteiger partial charge in [0.25, 0.3) is 11.5 Å². The lowest BCUT2D eigenvalue weighted by Gasteiger charge is -2.21. The molecule has 29 heteroatoms. The molecule has 0 aromatic carbocycles. The van der Waals surface area contributed by atoms with E-state index in [2.05, 4.69) is 29.2 Å². The summed E-state index contributed by atoms with van der Waals surface area (Å²) in [4.78, 5) is 64.1. The van der Waals surface area contributed by atoms with Crippen molar-refractivity contribution >= 4 is 57.1 Å². The first-order valence-electron chi connectivity index (χ1n) is 15.7. The molecule has 2 aliphatic heterocycles. The van der Waals surface area contributed by atoms with Gasteiger partial charge in [-0.05, 0) is 0 Å². The van der Waals surface area contributed by atoms with Crippen LogP contribution in [-0.2, 0) is 48.3 Å². The van der Waals surface area contributed by atoms with Crippen molar-refractivity contribution in [3.05, 3.63) is 29.3 Å². The molecule has 9 N–H and O–H groups in total. The fraction of sp³-hybridized carbons (Fsp3) is 0.600. The van der Waals surface area contributed by atoms with Crippen LogP contribution in [0, 0.1) is 0 Å². The summed E-state index contributed by atoms with van der Waals surface area (Å²) < 4.78 is 73.2. The molecule has 298 valence electrons. The number of phosphoric ester groups is 1. The van der Waals surface area contributed by atoms with Crippen molar-refractivity contribution in [3.8, 4) is 0 Å². The molecule has 0 saturated carbocycles. The number of rotatable bonds is 14. The number of nitrogen functional groups attached to an aromatic ring is 1. The summed E-state index contributed by atoms with van der Waals surface area (Å²) in [5.74, 6) is -1.45. The van der Waals surface area contributed by atoms with E-state index in [1.54, 1.807) is 14.1 Å². The molecule has 6 heterocycles. The number of phosphoric acid groups is 1. The Kier molecular flexibility index (Phi) is 11.2. The van der Waals surface area contributed by atoms with Gasteiger partial charge in [-0.1, -0.05) is 4.98 Å². The van der Waals surface area contributed by atoms with Crippen LogP contribution in [0.25, 0.3) is 22.3 Å². The summed E-state index contributed by atoms with van der Waals surface area (Å²) in [5, 5.41) is 32.2. The molecule has 2 saturated heterocycles. The van der Waals surface area contributed by atoms with E-state index in [4.69, 9.17) is 29.0 Å². The minimum Gasteiger partial charge on any atom is -0.387 e. The SMILES string of the molecule is CO[C@@H]1[C@H](O)[C@@H](COP(=O)(O)CP(=O)(O)OP(=O)(O)OC[C@H]2O[C@@H]([n+]3cn(C)c4c(=O)[nH]c(N(C)C)nc43)[C@H](O)[C@@H]2O)O[C@H]1n1cnc2c(N)ncnc21. The Balaban J connectivity index is 1.06. The molecule has 26 nitrogen and oxygen atoms in total. The Bertz CT molecular complexity index is 2230. The molecular formula is C25H38N10O16P3+. The van der Waals surface area contributed by atoms with Crippen molar-refractivity contribution in [3.63, 3.8) is 0 Å². The first kappa shape index (κ1) is 40.4. The van der Waals surface area contributed by atoms with Gasteiger partial charge in [0.05, 0.1) is 26.6 Å². The van der Waals surface area contributed by atoms with E-state index in [9.17, 15) is 48.5 Å². The highest BCUT2D eigenvalue weighted by Crippen LogP contribution is 2.66. The lowest BCUT2D eigenvalue weighted by Crippen LogP contribution is -2.46. The third-order valence-electron chi connectivity index (χ3n) is 8.47. The maximum Gasteiger partial charge on any atom is 0.479 e. The van der Waals surface area contributed by atoms with Crippen LogP contribution in [0.3, 0.4) is 0 Å². The number of aliphatic hydroxyl groups excluding tert-OH is 3. The second-order valence-corrected chi connectivity index (χ2v) is 18.3. The van der Waals surface area contributed by atoms with Crippen LogP contribution in [0.5, 0.6) is 0 Å².